The molecule has 3 rings (SSSR count). The average Bonchev–Trinajstić information content (AvgIpc) is 2.99. The average molecular weight is 350 g/mol. The number of urea groups is 1. The fraction of sp³-hybridized carbons (Fsp3) is 0.611. The molecular formula is C18H27N3O2S. The van der Waals surface area contributed by atoms with Gasteiger partial charge in [-0.05, 0) is 36.8 Å². The standard InChI is InChI=1S/C18H27N3O2S/c1-13-11-21(12-16(13)20-7-9-23-10-8-20)18(22)19-15-5-4-6-17(24-3)14(15)2/h4-6,13,16H,7-12H2,1-3H3,(H,19,22)/t13-,16-/m0/s1. The molecule has 0 spiro atoms. The van der Waals surface area contributed by atoms with Crippen molar-refractivity contribution < 1.29 is 9.53 Å². The highest BCUT2D eigenvalue weighted by Crippen LogP contribution is 2.27. The van der Waals surface area contributed by atoms with Crippen LogP contribution in [0.2, 0.25) is 0 Å². The summed E-state index contributed by atoms with van der Waals surface area (Å²) >= 11 is 1.71. The van der Waals surface area contributed by atoms with Gasteiger partial charge in [0.25, 0.3) is 0 Å². The third kappa shape index (κ3) is 3.71. The number of morpholine rings is 1. The number of nitrogens with zero attached hydrogens (tertiary/aromatic N) is 2. The molecule has 0 bridgehead atoms. The molecule has 2 heterocycles. The van der Waals surface area contributed by atoms with Crippen molar-refractivity contribution in [3.05, 3.63) is 23.8 Å². The normalized spacial score (nSPS) is 25.0. The maximum absolute atomic E-state index is 12.7. The lowest BCUT2D eigenvalue weighted by Gasteiger charge is -2.33. The van der Waals surface area contributed by atoms with E-state index >= 15 is 0 Å². The number of likely N-dealkylation sites (tertiary alicyclic amines) is 1. The van der Waals surface area contributed by atoms with Gasteiger partial charge in [0.05, 0.1) is 13.2 Å². The number of carbonyl (C=O) groups is 1. The first kappa shape index (κ1) is 17.6. The fourth-order valence-electron chi connectivity index (χ4n) is 3.67. The van der Waals surface area contributed by atoms with Crippen LogP contribution < -0.4 is 5.32 Å². The summed E-state index contributed by atoms with van der Waals surface area (Å²) in [7, 11) is 0. The highest BCUT2D eigenvalue weighted by molar-refractivity contribution is 7.98. The topological polar surface area (TPSA) is 44.8 Å². The summed E-state index contributed by atoms with van der Waals surface area (Å²) in [5.41, 5.74) is 2.05. The Kier molecular flexibility index (Phi) is 5.69. The molecule has 6 heteroatoms. The summed E-state index contributed by atoms with van der Waals surface area (Å²) in [6.07, 6.45) is 2.06. The molecule has 0 aliphatic carbocycles. The zero-order valence-corrected chi connectivity index (χ0v) is 15.6. The van der Waals surface area contributed by atoms with Gasteiger partial charge in [-0.25, -0.2) is 4.79 Å². The summed E-state index contributed by atoms with van der Waals surface area (Å²) < 4.78 is 5.45. The Balaban J connectivity index is 1.64. The molecule has 0 aromatic heterocycles. The van der Waals surface area contributed by atoms with Crippen LogP contribution in [-0.2, 0) is 4.74 Å². The number of amides is 2. The third-order valence-corrected chi connectivity index (χ3v) is 6.00. The van der Waals surface area contributed by atoms with Crippen LogP contribution in [0.4, 0.5) is 10.5 Å². The molecule has 0 unspecified atom stereocenters. The van der Waals surface area contributed by atoms with Gasteiger partial charge in [-0.1, -0.05) is 13.0 Å². The summed E-state index contributed by atoms with van der Waals surface area (Å²) in [6.45, 7) is 9.46. The molecule has 2 aliphatic rings. The molecule has 0 radical (unpaired) electrons. The third-order valence-electron chi connectivity index (χ3n) is 5.12. The number of rotatable bonds is 3. The largest absolute Gasteiger partial charge is 0.379 e. The van der Waals surface area contributed by atoms with Crippen molar-refractivity contribution in [2.24, 2.45) is 5.92 Å². The Morgan fingerprint density at radius 2 is 2.04 bits per heavy atom. The van der Waals surface area contributed by atoms with Crippen LogP contribution >= 0.6 is 11.8 Å². The molecule has 1 aromatic rings. The molecule has 1 aromatic carbocycles. The van der Waals surface area contributed by atoms with E-state index in [2.05, 4.69) is 36.4 Å². The molecule has 0 saturated carbocycles. The van der Waals surface area contributed by atoms with Gasteiger partial charge in [0.1, 0.15) is 0 Å². The van der Waals surface area contributed by atoms with E-state index in [1.54, 1.807) is 11.8 Å². The number of hydrogen-bond acceptors (Lipinski definition) is 4. The maximum atomic E-state index is 12.7. The summed E-state index contributed by atoms with van der Waals surface area (Å²) in [4.78, 5) is 18.3. The molecule has 132 valence electrons. The van der Waals surface area contributed by atoms with Crippen LogP contribution in [0, 0.1) is 12.8 Å². The van der Waals surface area contributed by atoms with Gasteiger partial charge in [-0.3, -0.25) is 4.90 Å². The molecule has 5 nitrogen and oxygen atoms in total. The van der Waals surface area contributed by atoms with Gasteiger partial charge < -0.3 is 15.0 Å². The molecular weight excluding hydrogens is 322 g/mol. The number of thioether (sulfide) groups is 1. The molecule has 1 N–H and O–H groups in total. The molecule has 2 aliphatic heterocycles. The van der Waals surface area contributed by atoms with E-state index in [0.29, 0.717) is 12.0 Å². The van der Waals surface area contributed by atoms with Crippen molar-refractivity contribution in [2.45, 2.75) is 24.8 Å². The minimum atomic E-state index is 0.0129. The van der Waals surface area contributed by atoms with Crippen LogP contribution in [0.15, 0.2) is 23.1 Å². The second-order valence-corrected chi connectivity index (χ2v) is 7.51. The van der Waals surface area contributed by atoms with Crippen molar-refractivity contribution in [3.8, 4) is 0 Å². The minimum Gasteiger partial charge on any atom is -0.379 e. The first-order valence-corrected chi connectivity index (χ1v) is 9.84. The van der Waals surface area contributed by atoms with Crippen LogP contribution in [0.5, 0.6) is 0 Å². The number of nitrogens with one attached hydrogen (secondary N) is 1. The number of ether oxygens (including phenoxy) is 1. The summed E-state index contributed by atoms with van der Waals surface area (Å²) in [5, 5.41) is 3.10. The Labute approximate surface area is 148 Å². The van der Waals surface area contributed by atoms with E-state index in [4.69, 9.17) is 4.74 Å². The van der Waals surface area contributed by atoms with Gasteiger partial charge in [0, 0.05) is 42.8 Å². The maximum Gasteiger partial charge on any atom is 0.321 e. The van der Waals surface area contributed by atoms with Crippen LogP contribution in [0.3, 0.4) is 0 Å². The van der Waals surface area contributed by atoms with E-state index in [9.17, 15) is 4.79 Å². The molecule has 2 saturated heterocycles. The minimum absolute atomic E-state index is 0.0129. The van der Waals surface area contributed by atoms with E-state index in [0.717, 1.165) is 50.6 Å². The zero-order valence-electron chi connectivity index (χ0n) is 14.7. The van der Waals surface area contributed by atoms with E-state index in [1.807, 2.05) is 17.0 Å². The molecule has 2 fully saturated rings. The van der Waals surface area contributed by atoms with Crippen molar-refractivity contribution >= 4 is 23.5 Å². The van der Waals surface area contributed by atoms with Gasteiger partial charge in [-0.2, -0.15) is 0 Å². The van der Waals surface area contributed by atoms with Crippen molar-refractivity contribution in [1.29, 1.82) is 0 Å². The fourth-order valence-corrected chi connectivity index (χ4v) is 4.30. The van der Waals surface area contributed by atoms with Crippen molar-refractivity contribution in [3.63, 3.8) is 0 Å². The predicted octanol–water partition coefficient (Wildman–Crippen LogP) is 2.90. The zero-order chi connectivity index (χ0) is 17.1. The SMILES string of the molecule is CSc1cccc(NC(=O)N2C[C@H](C)[C@@H](N3CCOCC3)C2)c1C. The Bertz CT molecular complexity index is 590. The van der Waals surface area contributed by atoms with Crippen LogP contribution in [0.25, 0.3) is 0 Å². The number of benzene rings is 1. The highest BCUT2D eigenvalue weighted by atomic mass is 32.2. The van der Waals surface area contributed by atoms with Crippen molar-refractivity contribution in [2.75, 3.05) is 51.0 Å². The highest BCUT2D eigenvalue weighted by Gasteiger charge is 2.36. The van der Waals surface area contributed by atoms with E-state index < -0.39 is 0 Å². The second kappa shape index (κ2) is 7.76. The van der Waals surface area contributed by atoms with Gasteiger partial charge in [-0.15, -0.1) is 11.8 Å². The van der Waals surface area contributed by atoms with Gasteiger partial charge >= 0.3 is 6.03 Å². The Hall–Kier alpha value is -1.24. The quantitative estimate of drug-likeness (QED) is 0.852. The molecule has 2 amide bonds. The van der Waals surface area contributed by atoms with Crippen LogP contribution in [0.1, 0.15) is 12.5 Å². The van der Waals surface area contributed by atoms with Gasteiger partial charge in [0.2, 0.25) is 0 Å². The van der Waals surface area contributed by atoms with E-state index in [1.165, 1.54) is 4.90 Å². The summed E-state index contributed by atoms with van der Waals surface area (Å²) in [6, 6.07) is 6.52. The Morgan fingerprint density at radius 3 is 2.75 bits per heavy atom. The number of anilines is 1. The summed E-state index contributed by atoms with van der Waals surface area (Å²) in [5.74, 6) is 0.493. The monoisotopic (exact) mass is 349 g/mol. The molecule has 24 heavy (non-hydrogen) atoms. The lowest BCUT2D eigenvalue weighted by Crippen LogP contribution is -2.47. The predicted molar refractivity (Wildman–Crippen MR) is 98.9 cm³/mol. The first-order valence-electron chi connectivity index (χ1n) is 8.61. The lowest BCUT2D eigenvalue weighted by molar-refractivity contribution is 0.0123. The first-order chi connectivity index (χ1) is 11.6. The smallest absolute Gasteiger partial charge is 0.321 e. The Morgan fingerprint density at radius 1 is 1.29 bits per heavy atom. The number of carbonyl (C=O) groups excluding carboxylic acids is 1. The van der Waals surface area contributed by atoms with Crippen LogP contribution in [-0.4, -0.2) is 67.5 Å². The second-order valence-electron chi connectivity index (χ2n) is 6.66. The lowest BCUT2D eigenvalue weighted by atomic mass is 10.0. The van der Waals surface area contributed by atoms with Crippen molar-refractivity contribution in [1.82, 2.24) is 9.80 Å². The van der Waals surface area contributed by atoms with Gasteiger partial charge in [0.15, 0.2) is 0 Å². The number of hydrogen-bond donors (Lipinski definition) is 1. The van der Waals surface area contributed by atoms with E-state index in [-0.39, 0.29) is 6.03 Å². The molecule has 2 atom stereocenters.